The molecule has 0 saturated carbocycles. The molecule has 0 fully saturated rings. The van der Waals surface area contributed by atoms with Crippen LogP contribution in [0.1, 0.15) is 39.6 Å². The van der Waals surface area contributed by atoms with Gasteiger partial charge in [0, 0.05) is 16.8 Å². The van der Waals surface area contributed by atoms with Crippen molar-refractivity contribution in [1.29, 1.82) is 0 Å². The number of amides is 2. The Morgan fingerprint density at radius 1 is 1.09 bits per heavy atom. The van der Waals surface area contributed by atoms with Gasteiger partial charge in [-0.1, -0.05) is 11.6 Å². The number of anilines is 1. The Kier molecular flexibility index (Phi) is 6.50. The van der Waals surface area contributed by atoms with E-state index in [9.17, 15) is 22.8 Å². The van der Waals surface area contributed by atoms with E-state index >= 15 is 0 Å². The number of nitrogens with zero attached hydrogens (tertiary/aromatic N) is 1. The Morgan fingerprint density at radius 2 is 1.88 bits per heavy atom. The van der Waals surface area contributed by atoms with Crippen LogP contribution in [0.5, 0.6) is 0 Å². The summed E-state index contributed by atoms with van der Waals surface area (Å²) in [5.41, 5.74) is 1.54. The van der Waals surface area contributed by atoms with E-state index in [1.807, 2.05) is 0 Å². The Labute approximate surface area is 191 Å². The molecule has 0 spiro atoms. The molecule has 0 saturated heterocycles. The topological polar surface area (TPSA) is 80.3 Å². The smallest absolute Gasteiger partial charge is 0.408 e. The summed E-state index contributed by atoms with van der Waals surface area (Å²) < 4.78 is 46.0. The first kappa shape index (κ1) is 22.6. The SMILES string of the molecule is O=C(N[C@H]1CCc2c(C(=O)Nc3ccc(F)c(Cl)c3)ccc(F)c21)OCc1ccc(F)cn1. The van der Waals surface area contributed by atoms with Gasteiger partial charge in [-0.05, 0) is 60.9 Å². The van der Waals surface area contributed by atoms with Crippen molar-refractivity contribution in [3.63, 3.8) is 0 Å². The highest BCUT2D eigenvalue weighted by Gasteiger charge is 2.31. The molecular formula is C23H17ClF3N3O3. The average Bonchev–Trinajstić information content (AvgIpc) is 3.20. The van der Waals surface area contributed by atoms with Crippen LogP contribution in [0.15, 0.2) is 48.7 Å². The molecule has 2 aromatic carbocycles. The number of rotatable bonds is 5. The zero-order valence-electron chi connectivity index (χ0n) is 17.0. The zero-order valence-corrected chi connectivity index (χ0v) is 17.8. The Hall–Kier alpha value is -3.59. The van der Waals surface area contributed by atoms with E-state index in [1.54, 1.807) is 0 Å². The van der Waals surface area contributed by atoms with Crippen molar-refractivity contribution in [3.05, 3.63) is 93.5 Å². The summed E-state index contributed by atoms with van der Waals surface area (Å²) >= 11 is 5.75. The number of nitrogens with one attached hydrogen (secondary N) is 2. The molecule has 2 N–H and O–H groups in total. The maximum Gasteiger partial charge on any atom is 0.408 e. The van der Waals surface area contributed by atoms with E-state index in [-0.39, 0.29) is 28.4 Å². The highest BCUT2D eigenvalue weighted by atomic mass is 35.5. The molecule has 3 aromatic rings. The van der Waals surface area contributed by atoms with Crippen LogP contribution in [-0.2, 0) is 17.8 Å². The third-order valence-corrected chi connectivity index (χ3v) is 5.48. The fourth-order valence-electron chi connectivity index (χ4n) is 3.66. The summed E-state index contributed by atoms with van der Waals surface area (Å²) in [4.78, 5) is 28.8. The molecule has 1 atom stereocenters. The minimum absolute atomic E-state index is 0.143. The van der Waals surface area contributed by atoms with Gasteiger partial charge in [0.2, 0.25) is 0 Å². The summed E-state index contributed by atoms with van der Waals surface area (Å²) in [5.74, 6) is -2.20. The lowest BCUT2D eigenvalue weighted by Gasteiger charge is -2.16. The number of fused-ring (bicyclic) bond motifs is 1. The third-order valence-electron chi connectivity index (χ3n) is 5.19. The summed E-state index contributed by atoms with van der Waals surface area (Å²) in [6, 6.07) is 8.15. The van der Waals surface area contributed by atoms with Crippen molar-refractivity contribution < 1.29 is 27.5 Å². The molecule has 4 rings (SSSR count). The van der Waals surface area contributed by atoms with Gasteiger partial charge in [0.25, 0.3) is 5.91 Å². The van der Waals surface area contributed by atoms with Crippen molar-refractivity contribution in [1.82, 2.24) is 10.3 Å². The van der Waals surface area contributed by atoms with Crippen LogP contribution in [0, 0.1) is 17.5 Å². The molecule has 2 amide bonds. The minimum atomic E-state index is -0.797. The van der Waals surface area contributed by atoms with Gasteiger partial charge >= 0.3 is 6.09 Å². The van der Waals surface area contributed by atoms with Crippen molar-refractivity contribution >= 4 is 29.3 Å². The number of hydrogen-bond donors (Lipinski definition) is 2. The number of aromatic nitrogens is 1. The Balaban J connectivity index is 1.46. The number of hydrogen-bond acceptors (Lipinski definition) is 4. The van der Waals surface area contributed by atoms with Crippen molar-refractivity contribution in [2.75, 3.05) is 5.32 Å². The van der Waals surface area contributed by atoms with E-state index in [4.69, 9.17) is 16.3 Å². The quantitative estimate of drug-likeness (QED) is 0.523. The minimum Gasteiger partial charge on any atom is -0.443 e. The lowest BCUT2D eigenvalue weighted by atomic mass is 10.0. The molecule has 6 nitrogen and oxygen atoms in total. The van der Waals surface area contributed by atoms with Crippen molar-refractivity contribution in [3.8, 4) is 0 Å². The van der Waals surface area contributed by atoms with E-state index in [2.05, 4.69) is 15.6 Å². The highest BCUT2D eigenvalue weighted by Crippen LogP contribution is 2.36. The molecule has 1 heterocycles. The Bertz CT molecular complexity index is 1220. The number of pyridine rings is 1. The van der Waals surface area contributed by atoms with Gasteiger partial charge in [-0.3, -0.25) is 9.78 Å². The number of alkyl carbamates (subject to hydrolysis) is 1. The fourth-order valence-corrected chi connectivity index (χ4v) is 3.84. The zero-order chi connectivity index (χ0) is 23.5. The van der Waals surface area contributed by atoms with Gasteiger partial charge in [-0.25, -0.2) is 18.0 Å². The van der Waals surface area contributed by atoms with E-state index < -0.39 is 35.5 Å². The molecule has 10 heteroatoms. The average molecular weight is 476 g/mol. The monoisotopic (exact) mass is 475 g/mol. The number of carbonyl (C=O) groups is 2. The number of halogens is 4. The van der Waals surface area contributed by atoms with Gasteiger partial charge in [0.1, 0.15) is 24.1 Å². The largest absolute Gasteiger partial charge is 0.443 e. The summed E-state index contributed by atoms with van der Waals surface area (Å²) in [5, 5.41) is 5.07. The third kappa shape index (κ3) is 5.09. The van der Waals surface area contributed by atoms with E-state index in [1.165, 1.54) is 30.3 Å². The van der Waals surface area contributed by atoms with Gasteiger partial charge in [0.15, 0.2) is 0 Å². The highest BCUT2D eigenvalue weighted by molar-refractivity contribution is 6.31. The second-order valence-electron chi connectivity index (χ2n) is 7.35. The van der Waals surface area contributed by atoms with E-state index in [0.29, 0.717) is 24.1 Å². The van der Waals surface area contributed by atoms with Crippen LogP contribution in [-0.4, -0.2) is 17.0 Å². The van der Waals surface area contributed by atoms with Crippen LogP contribution in [0.4, 0.5) is 23.7 Å². The van der Waals surface area contributed by atoms with Gasteiger partial charge in [-0.15, -0.1) is 0 Å². The second-order valence-corrected chi connectivity index (χ2v) is 7.76. The predicted molar refractivity (Wildman–Crippen MR) is 114 cm³/mol. The standard InChI is InChI=1S/C23H17ClF3N3O3/c24-17-9-13(3-6-18(17)26)29-22(31)16-4-7-19(27)21-15(16)5-8-20(21)30-23(32)33-11-14-2-1-12(25)10-28-14/h1-4,6-7,9-10,20H,5,8,11H2,(H,29,31)(H,30,32)/t20-/m0/s1. The van der Waals surface area contributed by atoms with Crippen LogP contribution < -0.4 is 10.6 Å². The van der Waals surface area contributed by atoms with Gasteiger partial charge in [-0.2, -0.15) is 0 Å². The molecule has 0 radical (unpaired) electrons. The lowest BCUT2D eigenvalue weighted by Crippen LogP contribution is -2.28. The van der Waals surface area contributed by atoms with Crippen LogP contribution in [0.3, 0.4) is 0 Å². The second kappa shape index (κ2) is 9.50. The van der Waals surface area contributed by atoms with Crippen LogP contribution >= 0.6 is 11.6 Å². The fraction of sp³-hybridized carbons (Fsp3) is 0.174. The first-order valence-electron chi connectivity index (χ1n) is 9.93. The van der Waals surface area contributed by atoms with E-state index in [0.717, 1.165) is 18.3 Å². The molecule has 0 unspecified atom stereocenters. The van der Waals surface area contributed by atoms with Crippen molar-refractivity contribution in [2.45, 2.75) is 25.5 Å². The molecule has 1 aliphatic rings. The maximum absolute atomic E-state index is 14.6. The predicted octanol–water partition coefficient (Wildman–Crippen LogP) is 5.32. The normalized spacial score (nSPS) is 14.5. The lowest BCUT2D eigenvalue weighted by molar-refractivity contribution is 0.102. The first-order valence-corrected chi connectivity index (χ1v) is 10.3. The molecule has 0 bridgehead atoms. The molecule has 1 aliphatic carbocycles. The van der Waals surface area contributed by atoms with Crippen molar-refractivity contribution in [2.24, 2.45) is 0 Å². The maximum atomic E-state index is 14.6. The van der Waals surface area contributed by atoms with Crippen LogP contribution in [0.25, 0.3) is 0 Å². The molecule has 0 aliphatic heterocycles. The van der Waals surface area contributed by atoms with Crippen LogP contribution in [0.2, 0.25) is 5.02 Å². The summed E-state index contributed by atoms with van der Waals surface area (Å²) in [6.07, 6.45) is 0.924. The van der Waals surface area contributed by atoms with Gasteiger partial charge < -0.3 is 15.4 Å². The Morgan fingerprint density at radius 3 is 2.61 bits per heavy atom. The molecule has 170 valence electrons. The van der Waals surface area contributed by atoms with Gasteiger partial charge in [0.05, 0.1) is 23.0 Å². The molecular weight excluding hydrogens is 459 g/mol. The number of carbonyl (C=O) groups excluding carboxylic acids is 2. The molecule has 1 aromatic heterocycles. The summed E-state index contributed by atoms with van der Waals surface area (Å²) in [7, 11) is 0. The summed E-state index contributed by atoms with van der Waals surface area (Å²) in [6.45, 7) is -0.184. The molecule has 33 heavy (non-hydrogen) atoms. The number of benzene rings is 2. The first-order chi connectivity index (χ1) is 15.8. The number of ether oxygens (including phenoxy) is 1.